The first-order valence-corrected chi connectivity index (χ1v) is 8.77. The van der Waals surface area contributed by atoms with Crippen molar-refractivity contribution in [1.82, 2.24) is 10.2 Å². The number of hydrogen-bond donors (Lipinski definition) is 1. The van der Waals surface area contributed by atoms with Crippen LogP contribution in [0.25, 0.3) is 0 Å². The molecule has 1 spiro atoms. The topological polar surface area (TPSA) is 33.7 Å². The molecule has 0 atom stereocenters. The van der Waals surface area contributed by atoms with Gasteiger partial charge in [-0.25, -0.2) is 0 Å². The Morgan fingerprint density at radius 2 is 1.76 bits per heavy atom. The minimum absolute atomic E-state index is 0.318. The summed E-state index contributed by atoms with van der Waals surface area (Å²) in [6.45, 7) is 10.3. The molecule has 4 heteroatoms. The van der Waals surface area contributed by atoms with Crippen LogP contribution in [-0.4, -0.2) is 62.5 Å². The average Bonchev–Trinajstić information content (AvgIpc) is 2.96. The average molecular weight is 298 g/mol. The Morgan fingerprint density at radius 1 is 1.05 bits per heavy atom. The Hall–Kier alpha value is -0.160. The fourth-order valence-electron chi connectivity index (χ4n) is 4.12. The van der Waals surface area contributed by atoms with Crippen molar-refractivity contribution < 1.29 is 9.47 Å². The van der Waals surface area contributed by atoms with Crippen molar-refractivity contribution in [2.24, 2.45) is 0 Å². The SMILES string of the molecule is CCC1(CC)CNC2(CCCC2)CN1CCOCCOC. The second-order valence-corrected chi connectivity index (χ2v) is 6.80. The van der Waals surface area contributed by atoms with Crippen LogP contribution in [0.15, 0.2) is 0 Å². The summed E-state index contributed by atoms with van der Waals surface area (Å²) in [5.41, 5.74) is 0.707. The van der Waals surface area contributed by atoms with Crippen molar-refractivity contribution in [1.29, 1.82) is 0 Å². The van der Waals surface area contributed by atoms with Gasteiger partial charge in [-0.15, -0.1) is 0 Å². The highest BCUT2D eigenvalue weighted by Gasteiger charge is 2.46. The maximum atomic E-state index is 5.72. The summed E-state index contributed by atoms with van der Waals surface area (Å²) in [5.74, 6) is 0. The van der Waals surface area contributed by atoms with E-state index in [4.69, 9.17) is 9.47 Å². The molecule has 1 N–H and O–H groups in total. The molecule has 1 saturated heterocycles. The number of rotatable bonds is 8. The largest absolute Gasteiger partial charge is 0.382 e. The highest BCUT2D eigenvalue weighted by molar-refractivity contribution is 5.06. The van der Waals surface area contributed by atoms with Gasteiger partial charge >= 0.3 is 0 Å². The number of nitrogens with zero attached hydrogens (tertiary/aromatic N) is 1. The van der Waals surface area contributed by atoms with E-state index in [-0.39, 0.29) is 0 Å². The predicted octanol–water partition coefficient (Wildman–Crippen LogP) is 2.43. The van der Waals surface area contributed by atoms with Crippen LogP contribution in [0.4, 0.5) is 0 Å². The van der Waals surface area contributed by atoms with Crippen LogP contribution in [0, 0.1) is 0 Å². The Balaban J connectivity index is 1.92. The third-order valence-electron chi connectivity index (χ3n) is 5.77. The van der Waals surface area contributed by atoms with E-state index in [0.29, 0.717) is 24.3 Å². The fraction of sp³-hybridized carbons (Fsp3) is 1.00. The van der Waals surface area contributed by atoms with Gasteiger partial charge in [0.2, 0.25) is 0 Å². The smallest absolute Gasteiger partial charge is 0.0700 e. The van der Waals surface area contributed by atoms with Crippen LogP contribution in [0.2, 0.25) is 0 Å². The summed E-state index contributed by atoms with van der Waals surface area (Å²) < 4.78 is 10.8. The molecule has 0 aromatic carbocycles. The standard InChI is InChI=1S/C17H34N2O2/c1-4-17(5-2)14-18-16(8-6-7-9-16)15-19(17)10-11-21-13-12-20-3/h18H,4-15H2,1-3H3. The van der Waals surface area contributed by atoms with Crippen LogP contribution in [-0.2, 0) is 9.47 Å². The molecule has 1 aliphatic heterocycles. The lowest BCUT2D eigenvalue weighted by molar-refractivity contribution is -0.0240. The molecule has 4 nitrogen and oxygen atoms in total. The molecule has 1 aliphatic carbocycles. The number of nitrogens with one attached hydrogen (secondary N) is 1. The van der Waals surface area contributed by atoms with Crippen molar-refractivity contribution in [3.05, 3.63) is 0 Å². The Kier molecular flexibility index (Phi) is 6.48. The van der Waals surface area contributed by atoms with Crippen LogP contribution in [0.5, 0.6) is 0 Å². The summed E-state index contributed by atoms with van der Waals surface area (Å²) >= 11 is 0. The van der Waals surface area contributed by atoms with E-state index < -0.39 is 0 Å². The minimum Gasteiger partial charge on any atom is -0.382 e. The van der Waals surface area contributed by atoms with E-state index in [2.05, 4.69) is 24.1 Å². The third kappa shape index (κ3) is 3.98. The van der Waals surface area contributed by atoms with Gasteiger partial charge in [0.05, 0.1) is 19.8 Å². The van der Waals surface area contributed by atoms with Crippen molar-refractivity contribution in [2.45, 2.75) is 63.5 Å². The van der Waals surface area contributed by atoms with Crippen LogP contribution < -0.4 is 5.32 Å². The highest BCUT2D eigenvalue weighted by atomic mass is 16.5. The lowest BCUT2D eigenvalue weighted by Crippen LogP contribution is -2.69. The molecule has 2 aliphatic rings. The first kappa shape index (κ1) is 17.2. The zero-order valence-electron chi connectivity index (χ0n) is 14.2. The minimum atomic E-state index is 0.318. The number of hydrogen-bond acceptors (Lipinski definition) is 4. The van der Waals surface area contributed by atoms with Crippen molar-refractivity contribution >= 4 is 0 Å². The molecule has 124 valence electrons. The molecule has 1 heterocycles. The monoisotopic (exact) mass is 298 g/mol. The highest BCUT2D eigenvalue weighted by Crippen LogP contribution is 2.37. The quantitative estimate of drug-likeness (QED) is 0.698. The first-order valence-electron chi connectivity index (χ1n) is 8.77. The molecule has 0 amide bonds. The van der Waals surface area contributed by atoms with Gasteiger partial charge in [0.1, 0.15) is 0 Å². The third-order valence-corrected chi connectivity index (χ3v) is 5.77. The van der Waals surface area contributed by atoms with E-state index in [1.165, 1.54) is 45.1 Å². The molecular weight excluding hydrogens is 264 g/mol. The van der Waals surface area contributed by atoms with E-state index in [0.717, 1.165) is 19.7 Å². The fourth-order valence-corrected chi connectivity index (χ4v) is 4.12. The van der Waals surface area contributed by atoms with Crippen LogP contribution >= 0.6 is 0 Å². The molecule has 2 rings (SSSR count). The zero-order valence-corrected chi connectivity index (χ0v) is 14.2. The van der Waals surface area contributed by atoms with E-state index in [1.807, 2.05) is 0 Å². The summed E-state index contributed by atoms with van der Waals surface area (Å²) in [4.78, 5) is 2.72. The summed E-state index contributed by atoms with van der Waals surface area (Å²) in [6.07, 6.45) is 7.89. The van der Waals surface area contributed by atoms with Crippen molar-refractivity contribution in [3.8, 4) is 0 Å². The van der Waals surface area contributed by atoms with E-state index in [9.17, 15) is 0 Å². The molecule has 2 fully saturated rings. The van der Waals surface area contributed by atoms with E-state index in [1.54, 1.807) is 7.11 Å². The predicted molar refractivity (Wildman–Crippen MR) is 86.8 cm³/mol. The van der Waals surface area contributed by atoms with E-state index >= 15 is 0 Å². The second-order valence-electron chi connectivity index (χ2n) is 6.80. The van der Waals surface area contributed by atoms with Gasteiger partial charge in [-0.3, -0.25) is 4.90 Å². The van der Waals surface area contributed by atoms with Gasteiger partial charge in [-0.1, -0.05) is 26.7 Å². The Morgan fingerprint density at radius 3 is 2.38 bits per heavy atom. The maximum absolute atomic E-state index is 5.72. The second kappa shape index (κ2) is 7.91. The van der Waals surface area contributed by atoms with Gasteiger partial charge in [-0.05, 0) is 25.7 Å². The van der Waals surface area contributed by atoms with Gasteiger partial charge in [0, 0.05) is 37.8 Å². The maximum Gasteiger partial charge on any atom is 0.0700 e. The first-order chi connectivity index (χ1) is 10.2. The lowest BCUT2D eigenvalue weighted by Gasteiger charge is -2.53. The van der Waals surface area contributed by atoms with Gasteiger partial charge in [0.15, 0.2) is 0 Å². The van der Waals surface area contributed by atoms with Crippen LogP contribution in [0.3, 0.4) is 0 Å². The normalized spacial score (nSPS) is 24.7. The summed E-state index contributed by atoms with van der Waals surface area (Å²) in [6, 6.07) is 0. The number of methoxy groups -OCH3 is 1. The van der Waals surface area contributed by atoms with Gasteiger partial charge in [0.25, 0.3) is 0 Å². The lowest BCUT2D eigenvalue weighted by atomic mass is 9.82. The Labute approximate surface area is 130 Å². The number of piperazine rings is 1. The Bertz CT molecular complexity index is 299. The molecule has 0 bridgehead atoms. The zero-order chi connectivity index (χ0) is 15.2. The number of ether oxygens (including phenoxy) is 2. The molecule has 0 aromatic rings. The summed E-state index contributed by atoms with van der Waals surface area (Å²) in [5, 5.41) is 3.93. The van der Waals surface area contributed by atoms with Crippen LogP contribution in [0.1, 0.15) is 52.4 Å². The van der Waals surface area contributed by atoms with Gasteiger partial charge in [-0.2, -0.15) is 0 Å². The molecular formula is C17H34N2O2. The molecule has 0 aromatic heterocycles. The van der Waals surface area contributed by atoms with Crippen molar-refractivity contribution in [2.75, 3.05) is 46.6 Å². The molecule has 1 saturated carbocycles. The summed E-state index contributed by atoms with van der Waals surface area (Å²) in [7, 11) is 1.72. The van der Waals surface area contributed by atoms with Crippen molar-refractivity contribution in [3.63, 3.8) is 0 Å². The van der Waals surface area contributed by atoms with Gasteiger partial charge < -0.3 is 14.8 Å². The molecule has 0 unspecified atom stereocenters. The molecule has 21 heavy (non-hydrogen) atoms. The molecule has 0 radical (unpaired) electrons.